The smallest absolute Gasteiger partial charge is 0.0279 e. The van der Waals surface area contributed by atoms with E-state index in [1.165, 1.54) is 50.5 Å². The largest absolute Gasteiger partial charge is 0.0628 e. The topological polar surface area (TPSA) is 0 Å². The van der Waals surface area contributed by atoms with Crippen LogP contribution >= 0.6 is 0 Å². The maximum absolute atomic E-state index is 2.37. The molecule has 1 unspecified atom stereocenters. The van der Waals surface area contributed by atoms with Crippen molar-refractivity contribution in [1.29, 1.82) is 0 Å². The lowest BCUT2D eigenvalue weighted by Gasteiger charge is -2.55. The third-order valence-corrected chi connectivity index (χ3v) is 9.79. The molecule has 3 atom stereocenters. The highest BCUT2D eigenvalue weighted by Crippen LogP contribution is 2.59. The summed E-state index contributed by atoms with van der Waals surface area (Å²) in [5.74, 6) is 7.17. The second-order valence-corrected chi connectivity index (χ2v) is 14.9. The standard InChI is InChI=1S/C13H20.C12H22.C11H20/c1-12(2)8-6-7-11-13-9-4-3-5-10-13;1-9(2)5-12-7-10-3-4-11(6-10)8-12;1-9(2)6-10-7-11(8-10)4-3-5-11/h3-5,9-10,12H,6-8,11H2,1-2H3;9-12H,3-8H2,1-2H3;9-10H,3-8H2,1-2H3/t;10-,11+,12?;. The van der Waals surface area contributed by atoms with Crippen molar-refractivity contribution >= 4 is 0 Å². The molecule has 4 aliphatic carbocycles. The molecular formula is C36H62. The van der Waals surface area contributed by atoms with Gasteiger partial charge >= 0.3 is 0 Å². The summed E-state index contributed by atoms with van der Waals surface area (Å²) in [5, 5.41) is 0. The van der Waals surface area contributed by atoms with Crippen LogP contribution in [0.25, 0.3) is 0 Å². The van der Waals surface area contributed by atoms with E-state index in [4.69, 9.17) is 0 Å². The van der Waals surface area contributed by atoms with E-state index in [0.29, 0.717) is 0 Å². The van der Waals surface area contributed by atoms with E-state index in [0.717, 1.165) is 46.8 Å². The number of hydrogen-bond donors (Lipinski definition) is 0. The van der Waals surface area contributed by atoms with Gasteiger partial charge in [0.05, 0.1) is 0 Å². The van der Waals surface area contributed by atoms with Crippen molar-refractivity contribution in [3.05, 3.63) is 35.9 Å². The first-order chi connectivity index (χ1) is 17.2. The van der Waals surface area contributed by atoms with Gasteiger partial charge in [-0.15, -0.1) is 0 Å². The van der Waals surface area contributed by atoms with E-state index in [-0.39, 0.29) is 0 Å². The number of rotatable bonds is 9. The Bertz CT molecular complexity index is 674. The van der Waals surface area contributed by atoms with Crippen LogP contribution in [0.4, 0.5) is 0 Å². The van der Waals surface area contributed by atoms with Crippen molar-refractivity contribution in [2.24, 2.45) is 46.8 Å². The van der Waals surface area contributed by atoms with Crippen molar-refractivity contribution in [1.82, 2.24) is 0 Å². The van der Waals surface area contributed by atoms with E-state index in [1.807, 2.05) is 0 Å². The van der Waals surface area contributed by atoms with Crippen LogP contribution in [0, 0.1) is 46.8 Å². The summed E-state index contributed by atoms with van der Waals surface area (Å²) >= 11 is 0. The van der Waals surface area contributed by atoms with Gasteiger partial charge in [-0.25, -0.2) is 0 Å². The molecule has 36 heavy (non-hydrogen) atoms. The molecule has 4 fully saturated rings. The van der Waals surface area contributed by atoms with Crippen LogP contribution in [-0.4, -0.2) is 0 Å². The van der Waals surface area contributed by atoms with Crippen LogP contribution in [-0.2, 0) is 6.42 Å². The predicted octanol–water partition coefficient (Wildman–Crippen LogP) is 11.5. The Hall–Kier alpha value is -0.780. The maximum Gasteiger partial charge on any atom is -0.0279 e. The van der Waals surface area contributed by atoms with Crippen molar-refractivity contribution in [3.63, 3.8) is 0 Å². The molecular weight excluding hydrogens is 432 g/mol. The minimum atomic E-state index is 0.857. The SMILES string of the molecule is CC(C)CC1CC2(CCC2)C1.CC(C)CC1C[C@H]2CC[C@@H](C1)C2.CC(C)CCCCc1ccccc1. The summed E-state index contributed by atoms with van der Waals surface area (Å²) < 4.78 is 0. The summed E-state index contributed by atoms with van der Waals surface area (Å²) in [6.45, 7) is 14.0. The van der Waals surface area contributed by atoms with Crippen molar-refractivity contribution in [2.45, 2.75) is 144 Å². The van der Waals surface area contributed by atoms with Crippen LogP contribution in [0.2, 0.25) is 0 Å². The zero-order valence-corrected chi connectivity index (χ0v) is 25.2. The molecule has 5 rings (SSSR count). The Morgan fingerprint density at radius 3 is 1.78 bits per heavy atom. The van der Waals surface area contributed by atoms with Crippen LogP contribution < -0.4 is 0 Å². The van der Waals surface area contributed by atoms with Gasteiger partial charge in [-0.2, -0.15) is 0 Å². The van der Waals surface area contributed by atoms with E-state index in [2.05, 4.69) is 71.9 Å². The Kier molecular flexibility index (Phi) is 12.4. The number of aryl methyl sites for hydroxylation is 1. The lowest BCUT2D eigenvalue weighted by molar-refractivity contribution is -0.0321. The monoisotopic (exact) mass is 494 g/mol. The first-order valence-corrected chi connectivity index (χ1v) is 16.3. The highest BCUT2D eigenvalue weighted by molar-refractivity contribution is 5.14. The number of hydrogen-bond acceptors (Lipinski definition) is 0. The molecule has 0 N–H and O–H groups in total. The van der Waals surface area contributed by atoms with E-state index < -0.39 is 0 Å². The molecule has 0 heterocycles. The average molecular weight is 495 g/mol. The minimum Gasteiger partial charge on any atom is -0.0628 e. The highest BCUT2D eigenvalue weighted by atomic mass is 14.5. The molecule has 206 valence electrons. The van der Waals surface area contributed by atoms with Crippen molar-refractivity contribution in [2.75, 3.05) is 0 Å². The van der Waals surface area contributed by atoms with Gasteiger partial charge in [-0.05, 0) is 123 Å². The fourth-order valence-corrected chi connectivity index (χ4v) is 8.11. The summed E-state index contributed by atoms with van der Waals surface area (Å²) in [5.41, 5.74) is 2.38. The van der Waals surface area contributed by atoms with Crippen LogP contribution in [0.1, 0.15) is 143 Å². The predicted molar refractivity (Wildman–Crippen MR) is 160 cm³/mol. The van der Waals surface area contributed by atoms with Crippen LogP contribution in [0.3, 0.4) is 0 Å². The van der Waals surface area contributed by atoms with Gasteiger partial charge in [0.25, 0.3) is 0 Å². The van der Waals surface area contributed by atoms with E-state index >= 15 is 0 Å². The Morgan fingerprint density at radius 2 is 1.28 bits per heavy atom. The highest BCUT2D eigenvalue weighted by Gasteiger charge is 2.47. The Morgan fingerprint density at radius 1 is 0.694 bits per heavy atom. The van der Waals surface area contributed by atoms with Crippen LogP contribution in [0.5, 0.6) is 0 Å². The van der Waals surface area contributed by atoms with Gasteiger partial charge in [-0.1, -0.05) is 104 Å². The fraction of sp³-hybridized carbons (Fsp3) is 0.833. The third kappa shape index (κ3) is 10.5. The Labute approximate surface area is 226 Å². The minimum absolute atomic E-state index is 0.857. The molecule has 0 aromatic heterocycles. The van der Waals surface area contributed by atoms with Crippen molar-refractivity contribution < 1.29 is 0 Å². The first kappa shape index (κ1) is 29.8. The molecule has 0 radical (unpaired) electrons. The summed E-state index contributed by atoms with van der Waals surface area (Å²) in [6.07, 6.45) is 23.9. The number of unbranched alkanes of at least 4 members (excludes halogenated alkanes) is 1. The molecule has 2 bridgehead atoms. The van der Waals surface area contributed by atoms with Gasteiger partial charge < -0.3 is 0 Å². The average Bonchev–Trinajstić information content (AvgIpc) is 3.11. The van der Waals surface area contributed by atoms with E-state index in [1.54, 1.807) is 57.8 Å². The van der Waals surface area contributed by atoms with Crippen LogP contribution in [0.15, 0.2) is 30.3 Å². The van der Waals surface area contributed by atoms with Gasteiger partial charge in [0.2, 0.25) is 0 Å². The summed E-state index contributed by atoms with van der Waals surface area (Å²) in [4.78, 5) is 0. The first-order valence-electron chi connectivity index (χ1n) is 16.3. The van der Waals surface area contributed by atoms with Gasteiger partial charge in [0.1, 0.15) is 0 Å². The molecule has 4 saturated carbocycles. The lowest BCUT2D eigenvalue weighted by Crippen LogP contribution is -2.42. The normalized spacial score (nSPS) is 26.2. The van der Waals surface area contributed by atoms with Gasteiger partial charge in [0, 0.05) is 0 Å². The summed E-state index contributed by atoms with van der Waals surface area (Å²) in [6, 6.07) is 10.8. The summed E-state index contributed by atoms with van der Waals surface area (Å²) in [7, 11) is 0. The Balaban J connectivity index is 0.000000151. The zero-order chi connectivity index (χ0) is 26.0. The number of benzene rings is 1. The molecule has 0 aliphatic heterocycles. The molecule has 4 aliphatic rings. The van der Waals surface area contributed by atoms with Crippen molar-refractivity contribution in [3.8, 4) is 0 Å². The maximum atomic E-state index is 2.37. The third-order valence-electron chi connectivity index (χ3n) is 9.79. The molecule has 1 aromatic rings. The lowest BCUT2D eigenvalue weighted by atomic mass is 9.51. The number of fused-ring (bicyclic) bond motifs is 2. The van der Waals surface area contributed by atoms with Gasteiger partial charge in [0.15, 0.2) is 0 Å². The fourth-order valence-electron chi connectivity index (χ4n) is 8.11. The second-order valence-electron chi connectivity index (χ2n) is 14.9. The molecule has 1 aromatic carbocycles. The second kappa shape index (κ2) is 15.0. The quantitative estimate of drug-likeness (QED) is 0.299. The zero-order valence-electron chi connectivity index (χ0n) is 25.2. The molecule has 1 spiro atoms. The van der Waals surface area contributed by atoms with E-state index in [9.17, 15) is 0 Å². The molecule has 0 nitrogen and oxygen atoms in total. The molecule has 0 amide bonds. The molecule has 0 saturated heterocycles. The van der Waals surface area contributed by atoms with Gasteiger partial charge in [-0.3, -0.25) is 0 Å². The molecule has 0 heteroatoms.